The number of benzene rings is 4. The molecule has 0 atom stereocenters. The van der Waals surface area contributed by atoms with Crippen LogP contribution in [0.4, 0.5) is 0 Å². The molecule has 0 unspecified atom stereocenters. The summed E-state index contributed by atoms with van der Waals surface area (Å²) in [6.07, 6.45) is 1.67. The van der Waals surface area contributed by atoms with Gasteiger partial charge < -0.3 is 14.2 Å². The van der Waals surface area contributed by atoms with Crippen molar-refractivity contribution in [2.45, 2.75) is 13.5 Å². The molecule has 4 aromatic carbocycles. The van der Waals surface area contributed by atoms with Gasteiger partial charge in [-0.1, -0.05) is 60.2 Å². The number of nitrogens with zero attached hydrogens (tertiary/aromatic N) is 1. The van der Waals surface area contributed by atoms with Gasteiger partial charge in [0.1, 0.15) is 6.61 Å². The predicted molar refractivity (Wildman–Crippen MR) is 141 cm³/mol. The molecule has 0 radical (unpaired) electrons. The van der Waals surface area contributed by atoms with Crippen LogP contribution in [0.5, 0.6) is 11.5 Å². The van der Waals surface area contributed by atoms with E-state index in [4.69, 9.17) is 14.2 Å². The van der Waals surface area contributed by atoms with Gasteiger partial charge >= 0.3 is 5.97 Å². The number of rotatable bonds is 6. The van der Waals surface area contributed by atoms with Crippen LogP contribution in [-0.2, 0) is 16.1 Å². The molecule has 1 aliphatic rings. The number of carbonyl (C=O) groups excluding carboxylic acids is 1. The van der Waals surface area contributed by atoms with Crippen LogP contribution in [0.2, 0.25) is 0 Å². The lowest BCUT2D eigenvalue weighted by molar-refractivity contribution is -0.129. The molecule has 0 N–H and O–H groups in total. The molecule has 0 aliphatic carbocycles. The fraction of sp³-hybridized carbons (Fsp3) is 0.103. The second kappa shape index (κ2) is 9.76. The average Bonchev–Trinajstić information content (AvgIpc) is 3.22. The van der Waals surface area contributed by atoms with Crippen molar-refractivity contribution in [1.29, 1.82) is 0 Å². The third-order valence-electron chi connectivity index (χ3n) is 5.64. The van der Waals surface area contributed by atoms with E-state index in [0.29, 0.717) is 22.6 Å². The Kier molecular flexibility index (Phi) is 6.38. The largest absolute Gasteiger partial charge is 0.493 e. The zero-order valence-corrected chi connectivity index (χ0v) is 20.8. The maximum absolute atomic E-state index is 12.5. The standard InChI is InChI=1S/C29H22BrNO4/c1-18-6-5-7-19(12-18)17-34-27-24(30)13-20(15-26(27)33-2)14-25-29(32)35-28(31-25)23-11-10-21-8-3-4-9-22(21)16-23/h3-16H,17H2,1-2H3/b25-14-. The lowest BCUT2D eigenvalue weighted by Gasteiger charge is -2.14. The van der Waals surface area contributed by atoms with Gasteiger partial charge in [0.05, 0.1) is 11.6 Å². The minimum atomic E-state index is -0.497. The number of methoxy groups -OCH3 is 1. The van der Waals surface area contributed by atoms with Crippen LogP contribution in [0.15, 0.2) is 94.0 Å². The summed E-state index contributed by atoms with van der Waals surface area (Å²) in [4.78, 5) is 17.0. The van der Waals surface area contributed by atoms with Crippen LogP contribution < -0.4 is 9.47 Å². The highest BCUT2D eigenvalue weighted by atomic mass is 79.9. The Bertz CT molecular complexity index is 1510. The molecule has 4 aromatic rings. The number of carbonyl (C=O) groups is 1. The molecule has 0 fully saturated rings. The monoisotopic (exact) mass is 527 g/mol. The first-order valence-corrected chi connectivity index (χ1v) is 11.9. The van der Waals surface area contributed by atoms with Gasteiger partial charge in [-0.3, -0.25) is 0 Å². The zero-order valence-electron chi connectivity index (χ0n) is 19.2. The van der Waals surface area contributed by atoms with Crippen molar-refractivity contribution >= 4 is 44.6 Å². The molecule has 0 saturated carbocycles. The second-order valence-electron chi connectivity index (χ2n) is 8.21. The van der Waals surface area contributed by atoms with Crippen LogP contribution in [0.1, 0.15) is 22.3 Å². The van der Waals surface area contributed by atoms with Crippen LogP contribution in [0.25, 0.3) is 16.8 Å². The van der Waals surface area contributed by atoms with Crippen molar-refractivity contribution in [1.82, 2.24) is 0 Å². The minimum Gasteiger partial charge on any atom is -0.493 e. The maximum atomic E-state index is 12.5. The van der Waals surface area contributed by atoms with Gasteiger partial charge in [0, 0.05) is 5.56 Å². The Morgan fingerprint density at radius 3 is 2.60 bits per heavy atom. The van der Waals surface area contributed by atoms with E-state index in [1.54, 1.807) is 19.3 Å². The van der Waals surface area contributed by atoms with E-state index in [9.17, 15) is 4.79 Å². The number of aryl methyl sites for hydroxylation is 1. The number of fused-ring (bicyclic) bond motifs is 1. The van der Waals surface area contributed by atoms with E-state index in [-0.39, 0.29) is 11.6 Å². The van der Waals surface area contributed by atoms with Crippen molar-refractivity contribution in [3.8, 4) is 11.5 Å². The fourth-order valence-electron chi connectivity index (χ4n) is 3.93. The van der Waals surface area contributed by atoms with Crippen molar-refractivity contribution in [2.24, 2.45) is 4.99 Å². The molecule has 5 nitrogen and oxygen atoms in total. The van der Waals surface area contributed by atoms with Gasteiger partial charge in [-0.05, 0) is 75.1 Å². The minimum absolute atomic E-state index is 0.218. The summed E-state index contributed by atoms with van der Waals surface area (Å²) in [6.45, 7) is 2.45. The van der Waals surface area contributed by atoms with Crippen molar-refractivity contribution in [3.63, 3.8) is 0 Å². The number of hydrogen-bond acceptors (Lipinski definition) is 5. The Hall–Kier alpha value is -3.90. The molecule has 0 amide bonds. The Morgan fingerprint density at radius 2 is 1.80 bits per heavy atom. The number of aliphatic imine (C=N–C) groups is 1. The van der Waals surface area contributed by atoms with Crippen LogP contribution >= 0.6 is 15.9 Å². The summed E-state index contributed by atoms with van der Waals surface area (Å²) in [7, 11) is 1.58. The van der Waals surface area contributed by atoms with E-state index >= 15 is 0 Å². The summed E-state index contributed by atoms with van der Waals surface area (Å²) in [6, 6.07) is 25.7. The van der Waals surface area contributed by atoms with E-state index in [1.807, 2.05) is 73.7 Å². The molecule has 174 valence electrons. The lowest BCUT2D eigenvalue weighted by atomic mass is 10.1. The number of cyclic esters (lactones) is 1. The average molecular weight is 528 g/mol. The van der Waals surface area contributed by atoms with Crippen LogP contribution in [0.3, 0.4) is 0 Å². The summed E-state index contributed by atoms with van der Waals surface area (Å²) in [5.41, 5.74) is 3.93. The molecule has 0 saturated heterocycles. The van der Waals surface area contributed by atoms with E-state index in [0.717, 1.165) is 27.5 Å². The SMILES string of the molecule is COc1cc(/C=C2\N=C(c3ccc4ccccc4c3)OC2=O)cc(Br)c1OCc1cccc(C)c1. The molecule has 0 spiro atoms. The molecular weight excluding hydrogens is 506 g/mol. The first kappa shape index (κ1) is 22.9. The number of halogens is 1. The quantitative estimate of drug-likeness (QED) is 0.203. The molecule has 0 aromatic heterocycles. The topological polar surface area (TPSA) is 57.1 Å². The lowest BCUT2D eigenvalue weighted by Crippen LogP contribution is -2.05. The summed E-state index contributed by atoms with van der Waals surface area (Å²) in [5.74, 6) is 0.925. The number of ether oxygens (including phenoxy) is 3. The third kappa shape index (κ3) is 4.98. The Labute approximate surface area is 211 Å². The molecule has 35 heavy (non-hydrogen) atoms. The van der Waals surface area contributed by atoms with E-state index < -0.39 is 5.97 Å². The third-order valence-corrected chi connectivity index (χ3v) is 6.23. The molecule has 1 heterocycles. The van der Waals surface area contributed by atoms with Gasteiger partial charge in [-0.2, -0.15) is 0 Å². The summed E-state index contributed by atoms with van der Waals surface area (Å²) < 4.78 is 17.8. The number of hydrogen-bond donors (Lipinski definition) is 0. The normalized spacial score (nSPS) is 14.2. The summed E-state index contributed by atoms with van der Waals surface area (Å²) in [5, 5.41) is 2.16. The first-order chi connectivity index (χ1) is 17.0. The van der Waals surface area contributed by atoms with E-state index in [2.05, 4.69) is 27.0 Å². The second-order valence-corrected chi connectivity index (χ2v) is 9.06. The van der Waals surface area contributed by atoms with Gasteiger partial charge in [0.2, 0.25) is 5.90 Å². The molecule has 0 bridgehead atoms. The highest BCUT2D eigenvalue weighted by Crippen LogP contribution is 2.38. The van der Waals surface area contributed by atoms with Crippen molar-refractivity contribution < 1.29 is 19.0 Å². The van der Waals surface area contributed by atoms with Crippen molar-refractivity contribution in [2.75, 3.05) is 7.11 Å². The van der Waals surface area contributed by atoms with E-state index in [1.165, 1.54) is 5.56 Å². The maximum Gasteiger partial charge on any atom is 0.363 e. The Morgan fingerprint density at radius 1 is 0.971 bits per heavy atom. The molecule has 1 aliphatic heterocycles. The smallest absolute Gasteiger partial charge is 0.363 e. The van der Waals surface area contributed by atoms with Gasteiger partial charge in [-0.15, -0.1) is 0 Å². The van der Waals surface area contributed by atoms with Gasteiger partial charge in [0.25, 0.3) is 0 Å². The number of esters is 1. The predicted octanol–water partition coefficient (Wildman–Crippen LogP) is 6.84. The summed E-state index contributed by atoms with van der Waals surface area (Å²) >= 11 is 3.58. The highest BCUT2D eigenvalue weighted by Gasteiger charge is 2.24. The molecule has 6 heteroatoms. The van der Waals surface area contributed by atoms with Gasteiger partial charge in [0.15, 0.2) is 17.2 Å². The fourth-order valence-corrected chi connectivity index (χ4v) is 4.51. The molecular formula is C29H22BrNO4. The zero-order chi connectivity index (χ0) is 24.4. The van der Waals surface area contributed by atoms with Gasteiger partial charge in [-0.25, -0.2) is 9.79 Å². The molecule has 5 rings (SSSR count). The van der Waals surface area contributed by atoms with Crippen LogP contribution in [0, 0.1) is 6.92 Å². The van der Waals surface area contributed by atoms with Crippen LogP contribution in [-0.4, -0.2) is 19.0 Å². The Balaban J connectivity index is 1.41. The first-order valence-electron chi connectivity index (χ1n) is 11.1. The highest BCUT2D eigenvalue weighted by molar-refractivity contribution is 9.10. The van der Waals surface area contributed by atoms with Crippen molar-refractivity contribution in [3.05, 3.63) is 111 Å².